The average molecular weight is 312 g/mol. The van der Waals surface area contributed by atoms with Crippen molar-refractivity contribution in [2.45, 2.75) is 49.4 Å². The molecule has 0 radical (unpaired) electrons. The van der Waals surface area contributed by atoms with Gasteiger partial charge in [0.05, 0.1) is 16.5 Å². The van der Waals surface area contributed by atoms with Gasteiger partial charge in [-0.2, -0.15) is 11.8 Å². The molecule has 2 rings (SSSR count). The molecule has 1 aliphatic heterocycles. The fourth-order valence-corrected chi connectivity index (χ4v) is 4.96. The maximum Gasteiger partial charge on any atom is 0.339 e. The number of hydrogen-bond acceptors (Lipinski definition) is 5. The fraction of sp³-hybridized carbons (Fsp3) is 0.643. The Morgan fingerprint density at radius 1 is 1.45 bits per heavy atom. The summed E-state index contributed by atoms with van der Waals surface area (Å²) < 4.78 is 0. The third-order valence-electron chi connectivity index (χ3n) is 3.44. The number of nitrogens with zero attached hydrogens (tertiary/aromatic N) is 2. The van der Waals surface area contributed by atoms with E-state index < -0.39 is 5.97 Å². The van der Waals surface area contributed by atoms with E-state index in [0.29, 0.717) is 22.6 Å². The van der Waals surface area contributed by atoms with E-state index in [0.717, 1.165) is 18.0 Å². The van der Waals surface area contributed by atoms with Crippen LogP contribution in [0.2, 0.25) is 0 Å². The predicted molar refractivity (Wildman–Crippen MR) is 84.7 cm³/mol. The number of aromatic carboxylic acids is 1. The molecular weight excluding hydrogens is 292 g/mol. The van der Waals surface area contributed by atoms with Crippen molar-refractivity contribution >= 4 is 29.5 Å². The quantitative estimate of drug-likeness (QED) is 0.919. The third-order valence-corrected chi connectivity index (χ3v) is 6.83. The molecule has 0 aromatic carbocycles. The molecule has 4 nitrogen and oxygen atoms in total. The molecule has 1 N–H and O–H groups in total. The maximum atomic E-state index is 11.2. The first-order valence-electron chi connectivity index (χ1n) is 6.89. The van der Waals surface area contributed by atoms with E-state index >= 15 is 0 Å². The number of hydrogen-bond donors (Lipinski definition) is 1. The molecule has 1 aromatic heterocycles. The predicted octanol–water partition coefficient (Wildman–Crippen LogP) is 3.43. The van der Waals surface area contributed by atoms with Crippen molar-refractivity contribution in [3.63, 3.8) is 0 Å². The highest BCUT2D eigenvalue weighted by Gasteiger charge is 2.29. The number of carboxylic acid groups (broad SMARTS) is 1. The standard InChI is InChI=1S/C14H20N2O2S2/c1-4-5-11-10(14(17)18)6-15-13(16-11)12-7-19-8(2)9(3)20-12/h6,8-9,12H,4-5,7H2,1-3H3,(H,17,18). The van der Waals surface area contributed by atoms with Gasteiger partial charge in [-0.3, -0.25) is 0 Å². The summed E-state index contributed by atoms with van der Waals surface area (Å²) >= 11 is 3.84. The Kier molecular flexibility index (Phi) is 5.32. The van der Waals surface area contributed by atoms with Crippen LogP contribution in [0.4, 0.5) is 0 Å². The Hall–Kier alpha value is -0.750. The molecule has 0 saturated carbocycles. The lowest BCUT2D eigenvalue weighted by Gasteiger charge is -2.30. The molecule has 0 aliphatic carbocycles. The van der Waals surface area contributed by atoms with Gasteiger partial charge < -0.3 is 5.11 Å². The molecule has 3 atom stereocenters. The molecule has 1 fully saturated rings. The Bertz CT molecular complexity index is 496. The summed E-state index contributed by atoms with van der Waals surface area (Å²) in [6, 6.07) is 0. The first-order valence-corrected chi connectivity index (χ1v) is 8.88. The minimum Gasteiger partial charge on any atom is -0.478 e. The van der Waals surface area contributed by atoms with Gasteiger partial charge in [0.1, 0.15) is 5.82 Å². The van der Waals surface area contributed by atoms with Gasteiger partial charge in [-0.05, 0) is 6.42 Å². The largest absolute Gasteiger partial charge is 0.478 e. The van der Waals surface area contributed by atoms with E-state index in [1.54, 1.807) is 0 Å². The van der Waals surface area contributed by atoms with Gasteiger partial charge >= 0.3 is 5.97 Å². The van der Waals surface area contributed by atoms with Gasteiger partial charge in [0.2, 0.25) is 0 Å². The number of carbonyl (C=O) groups is 1. The first-order chi connectivity index (χ1) is 9.52. The molecule has 6 heteroatoms. The van der Waals surface area contributed by atoms with Crippen molar-refractivity contribution in [1.29, 1.82) is 0 Å². The summed E-state index contributed by atoms with van der Waals surface area (Å²) in [6.07, 6.45) is 3.05. The molecule has 2 heterocycles. The Balaban J connectivity index is 2.24. The van der Waals surface area contributed by atoms with Gasteiger partial charge in [-0.15, -0.1) is 11.8 Å². The van der Waals surface area contributed by atoms with E-state index in [4.69, 9.17) is 0 Å². The van der Waals surface area contributed by atoms with Crippen molar-refractivity contribution in [2.75, 3.05) is 5.75 Å². The zero-order valence-electron chi connectivity index (χ0n) is 12.0. The van der Waals surface area contributed by atoms with Crippen LogP contribution >= 0.6 is 23.5 Å². The summed E-state index contributed by atoms with van der Waals surface area (Å²) in [5.74, 6) is 0.844. The Morgan fingerprint density at radius 3 is 2.80 bits per heavy atom. The second kappa shape index (κ2) is 6.80. The number of aryl methyl sites for hydroxylation is 1. The van der Waals surface area contributed by atoms with Crippen LogP contribution < -0.4 is 0 Å². The lowest BCUT2D eigenvalue weighted by atomic mass is 10.1. The van der Waals surface area contributed by atoms with Gasteiger partial charge in [0.25, 0.3) is 0 Å². The van der Waals surface area contributed by atoms with Crippen LogP contribution in [0.15, 0.2) is 6.20 Å². The molecule has 110 valence electrons. The van der Waals surface area contributed by atoms with Crippen molar-refractivity contribution in [3.05, 3.63) is 23.3 Å². The van der Waals surface area contributed by atoms with Crippen LogP contribution in [-0.4, -0.2) is 37.3 Å². The first kappa shape index (κ1) is 15.6. The Morgan fingerprint density at radius 2 is 2.20 bits per heavy atom. The van der Waals surface area contributed by atoms with E-state index in [2.05, 4.69) is 23.8 Å². The summed E-state index contributed by atoms with van der Waals surface area (Å²) in [7, 11) is 0. The molecule has 1 aliphatic rings. The minimum atomic E-state index is -0.937. The Labute approximate surface area is 128 Å². The molecule has 1 saturated heterocycles. The second-order valence-corrected chi connectivity index (χ2v) is 8.01. The molecule has 0 bridgehead atoms. The minimum absolute atomic E-state index is 0.241. The van der Waals surface area contributed by atoms with Gasteiger partial charge in [0.15, 0.2) is 0 Å². The van der Waals surface area contributed by atoms with Gasteiger partial charge in [-0.25, -0.2) is 14.8 Å². The summed E-state index contributed by atoms with van der Waals surface area (Å²) in [6.45, 7) is 6.50. The smallest absolute Gasteiger partial charge is 0.339 e. The summed E-state index contributed by atoms with van der Waals surface area (Å²) in [5.41, 5.74) is 0.910. The lowest BCUT2D eigenvalue weighted by Crippen LogP contribution is -2.23. The monoisotopic (exact) mass is 312 g/mol. The third kappa shape index (κ3) is 3.47. The molecular formula is C14H20N2O2S2. The summed E-state index contributed by atoms with van der Waals surface area (Å²) in [4.78, 5) is 20.0. The zero-order chi connectivity index (χ0) is 14.7. The zero-order valence-corrected chi connectivity index (χ0v) is 13.6. The van der Waals surface area contributed by atoms with E-state index in [1.165, 1.54) is 6.20 Å². The molecule has 20 heavy (non-hydrogen) atoms. The van der Waals surface area contributed by atoms with Crippen LogP contribution in [0.25, 0.3) is 0 Å². The highest BCUT2D eigenvalue weighted by atomic mass is 32.2. The normalized spacial score (nSPS) is 26.4. The number of carboxylic acids is 1. The number of aromatic nitrogens is 2. The molecule has 0 amide bonds. The molecule has 0 spiro atoms. The topological polar surface area (TPSA) is 63.1 Å². The van der Waals surface area contributed by atoms with Crippen LogP contribution in [0.1, 0.15) is 54.3 Å². The lowest BCUT2D eigenvalue weighted by molar-refractivity contribution is 0.0694. The van der Waals surface area contributed by atoms with Crippen molar-refractivity contribution < 1.29 is 9.90 Å². The van der Waals surface area contributed by atoms with E-state index in [9.17, 15) is 9.90 Å². The van der Waals surface area contributed by atoms with Crippen LogP contribution in [-0.2, 0) is 6.42 Å². The number of rotatable bonds is 4. The van der Waals surface area contributed by atoms with E-state index in [1.807, 2.05) is 30.4 Å². The van der Waals surface area contributed by atoms with Gasteiger partial charge in [0, 0.05) is 22.4 Å². The summed E-state index contributed by atoms with van der Waals surface area (Å²) in [5, 5.41) is 10.7. The van der Waals surface area contributed by atoms with Gasteiger partial charge in [-0.1, -0.05) is 27.2 Å². The van der Waals surface area contributed by atoms with Crippen molar-refractivity contribution in [3.8, 4) is 0 Å². The van der Waals surface area contributed by atoms with Crippen LogP contribution in [0.3, 0.4) is 0 Å². The molecule has 3 unspecified atom stereocenters. The highest BCUT2D eigenvalue weighted by molar-refractivity contribution is 8.07. The van der Waals surface area contributed by atoms with Crippen molar-refractivity contribution in [2.24, 2.45) is 0 Å². The maximum absolute atomic E-state index is 11.2. The van der Waals surface area contributed by atoms with Crippen LogP contribution in [0, 0.1) is 0 Å². The second-order valence-electron chi connectivity index (χ2n) is 5.01. The molecule has 1 aromatic rings. The van der Waals surface area contributed by atoms with Crippen molar-refractivity contribution in [1.82, 2.24) is 9.97 Å². The van der Waals surface area contributed by atoms with Crippen LogP contribution in [0.5, 0.6) is 0 Å². The SMILES string of the molecule is CCCc1nc(C2CSC(C)C(C)S2)ncc1C(=O)O. The number of thioether (sulfide) groups is 2. The fourth-order valence-electron chi connectivity index (χ4n) is 2.11. The van der Waals surface area contributed by atoms with E-state index in [-0.39, 0.29) is 10.8 Å². The average Bonchev–Trinajstić information content (AvgIpc) is 2.42. The highest BCUT2D eigenvalue weighted by Crippen LogP contribution is 2.43.